The number of amides is 1. The summed E-state index contributed by atoms with van der Waals surface area (Å²) in [6, 6.07) is 8.02. The third-order valence-corrected chi connectivity index (χ3v) is 2.53. The first-order chi connectivity index (χ1) is 6.68. The fraction of sp³-hybridized carbons (Fsp3) is 0.300. The van der Waals surface area contributed by atoms with Crippen molar-refractivity contribution in [2.75, 3.05) is 7.05 Å². The summed E-state index contributed by atoms with van der Waals surface area (Å²) in [7, 11) is 1.56. The van der Waals surface area contributed by atoms with E-state index in [-0.39, 0.29) is 0 Å². The zero-order valence-electron chi connectivity index (χ0n) is 7.97. The Labute approximate surface area is 82.3 Å². The molecule has 0 aromatic heterocycles. The summed E-state index contributed by atoms with van der Waals surface area (Å²) in [6.45, 7) is 1.36. The lowest BCUT2D eigenvalue weighted by atomic mass is 10.1. The molecule has 1 aromatic rings. The third-order valence-electron chi connectivity index (χ3n) is 2.53. The van der Waals surface area contributed by atoms with Gasteiger partial charge in [0.15, 0.2) is 0 Å². The summed E-state index contributed by atoms with van der Waals surface area (Å²) in [6.07, 6.45) is -0.919. The summed E-state index contributed by atoms with van der Waals surface area (Å²) in [5.74, 6) is 0. The molecule has 1 N–H and O–H groups in total. The minimum atomic E-state index is -0.919. The maximum Gasteiger partial charge on any atom is 0.421 e. The number of fused-ring (bicyclic) bond motifs is 1. The van der Waals surface area contributed by atoms with Crippen LogP contribution in [0.4, 0.5) is 4.79 Å². The molecule has 1 aliphatic rings. The van der Waals surface area contributed by atoms with Gasteiger partial charge in [0.1, 0.15) is 0 Å². The van der Waals surface area contributed by atoms with E-state index in [0.29, 0.717) is 13.1 Å². The third kappa shape index (κ3) is 1.44. The summed E-state index contributed by atoms with van der Waals surface area (Å²) >= 11 is 0. The molecule has 0 fully saturated rings. The maximum atomic E-state index is 10.7. The standard InChI is InChI=1S/C10H12N2O2/c1-11(10(13)14)12-6-8-4-2-3-5-9(8)7-12/h2-5H,6-7H2,1H3,(H,13,14). The van der Waals surface area contributed by atoms with E-state index < -0.39 is 6.09 Å². The van der Waals surface area contributed by atoms with Gasteiger partial charge in [0.05, 0.1) is 0 Å². The molecule has 1 heterocycles. The van der Waals surface area contributed by atoms with Crippen LogP contribution >= 0.6 is 0 Å². The van der Waals surface area contributed by atoms with Gasteiger partial charge in [-0.1, -0.05) is 24.3 Å². The van der Waals surface area contributed by atoms with E-state index in [1.807, 2.05) is 24.3 Å². The molecule has 1 aromatic carbocycles. The van der Waals surface area contributed by atoms with Crippen molar-refractivity contribution in [3.63, 3.8) is 0 Å². The highest BCUT2D eigenvalue weighted by Crippen LogP contribution is 2.22. The van der Waals surface area contributed by atoms with Crippen LogP contribution in [0.1, 0.15) is 11.1 Å². The first-order valence-electron chi connectivity index (χ1n) is 4.47. The summed E-state index contributed by atoms with van der Waals surface area (Å²) in [5, 5.41) is 11.8. The zero-order valence-corrected chi connectivity index (χ0v) is 7.97. The van der Waals surface area contributed by atoms with Gasteiger partial charge in [0.25, 0.3) is 0 Å². The molecule has 0 saturated heterocycles. The second-order valence-electron chi connectivity index (χ2n) is 3.40. The second kappa shape index (κ2) is 3.31. The lowest BCUT2D eigenvalue weighted by Crippen LogP contribution is -2.39. The number of rotatable bonds is 1. The molecule has 0 aliphatic carbocycles. The largest absolute Gasteiger partial charge is 0.464 e. The molecule has 0 saturated carbocycles. The molecule has 0 bridgehead atoms. The molecular weight excluding hydrogens is 180 g/mol. The van der Waals surface area contributed by atoms with E-state index in [4.69, 9.17) is 5.11 Å². The van der Waals surface area contributed by atoms with Crippen molar-refractivity contribution in [2.45, 2.75) is 13.1 Å². The van der Waals surface area contributed by atoms with Crippen molar-refractivity contribution >= 4 is 6.09 Å². The molecule has 0 spiro atoms. The number of carboxylic acid groups (broad SMARTS) is 1. The lowest BCUT2D eigenvalue weighted by Gasteiger charge is -2.24. The summed E-state index contributed by atoms with van der Waals surface area (Å²) < 4.78 is 0. The molecule has 4 heteroatoms. The quantitative estimate of drug-likeness (QED) is 0.733. The van der Waals surface area contributed by atoms with E-state index in [1.165, 1.54) is 16.1 Å². The fourth-order valence-corrected chi connectivity index (χ4v) is 1.65. The number of hydrogen-bond acceptors (Lipinski definition) is 2. The van der Waals surface area contributed by atoms with Gasteiger partial charge >= 0.3 is 6.09 Å². The van der Waals surface area contributed by atoms with Crippen molar-refractivity contribution in [3.05, 3.63) is 35.4 Å². The molecule has 74 valence electrons. The van der Waals surface area contributed by atoms with Gasteiger partial charge in [-0.2, -0.15) is 0 Å². The van der Waals surface area contributed by atoms with E-state index >= 15 is 0 Å². The van der Waals surface area contributed by atoms with E-state index in [0.717, 1.165) is 0 Å². The molecule has 1 aliphatic heterocycles. The Morgan fingerprint density at radius 2 is 1.86 bits per heavy atom. The molecule has 14 heavy (non-hydrogen) atoms. The van der Waals surface area contributed by atoms with Crippen LogP contribution < -0.4 is 0 Å². The number of hydrazine groups is 1. The molecule has 4 nitrogen and oxygen atoms in total. The highest BCUT2D eigenvalue weighted by Gasteiger charge is 2.23. The predicted octanol–water partition coefficient (Wildman–Crippen LogP) is 1.53. The van der Waals surface area contributed by atoms with Crippen molar-refractivity contribution < 1.29 is 9.90 Å². The monoisotopic (exact) mass is 192 g/mol. The fourth-order valence-electron chi connectivity index (χ4n) is 1.65. The van der Waals surface area contributed by atoms with Gasteiger partial charge in [-0.05, 0) is 11.1 Å². The molecule has 0 radical (unpaired) electrons. The Bertz CT molecular complexity index is 340. The number of nitrogens with zero attached hydrogens (tertiary/aromatic N) is 2. The first kappa shape index (κ1) is 9.02. The maximum absolute atomic E-state index is 10.7. The van der Waals surface area contributed by atoms with Crippen molar-refractivity contribution in [2.24, 2.45) is 0 Å². The van der Waals surface area contributed by atoms with Crippen LogP contribution in [0, 0.1) is 0 Å². The van der Waals surface area contributed by atoms with Crippen molar-refractivity contribution in [3.8, 4) is 0 Å². The Balaban J connectivity index is 2.15. The average molecular weight is 192 g/mol. The van der Waals surface area contributed by atoms with Crippen molar-refractivity contribution in [1.82, 2.24) is 10.0 Å². The Hall–Kier alpha value is -1.55. The second-order valence-corrected chi connectivity index (χ2v) is 3.40. The minimum absolute atomic E-state index is 0.680. The highest BCUT2D eigenvalue weighted by molar-refractivity contribution is 5.64. The number of benzene rings is 1. The van der Waals surface area contributed by atoms with Gasteiger partial charge in [-0.3, -0.25) is 0 Å². The van der Waals surface area contributed by atoms with Gasteiger partial charge in [0.2, 0.25) is 0 Å². The summed E-state index contributed by atoms with van der Waals surface area (Å²) in [4.78, 5) is 10.7. The highest BCUT2D eigenvalue weighted by atomic mass is 16.4. The van der Waals surface area contributed by atoms with Gasteiger partial charge < -0.3 is 5.11 Å². The Morgan fingerprint density at radius 3 is 2.29 bits per heavy atom. The van der Waals surface area contributed by atoms with Crippen LogP contribution in [0.3, 0.4) is 0 Å². The summed E-state index contributed by atoms with van der Waals surface area (Å²) in [5.41, 5.74) is 2.42. The molecular formula is C10H12N2O2. The first-order valence-corrected chi connectivity index (χ1v) is 4.47. The molecule has 1 amide bonds. The number of carbonyl (C=O) groups is 1. The zero-order chi connectivity index (χ0) is 10.1. The van der Waals surface area contributed by atoms with Crippen LogP contribution in [-0.2, 0) is 13.1 Å². The topological polar surface area (TPSA) is 43.8 Å². The minimum Gasteiger partial charge on any atom is -0.464 e. The molecule has 0 unspecified atom stereocenters. The predicted molar refractivity (Wildman–Crippen MR) is 51.5 cm³/mol. The van der Waals surface area contributed by atoms with Gasteiger partial charge in [-0.25, -0.2) is 14.8 Å². The van der Waals surface area contributed by atoms with Crippen LogP contribution in [0.5, 0.6) is 0 Å². The SMILES string of the molecule is CN(C(=O)O)N1Cc2ccccc2C1. The van der Waals surface area contributed by atoms with Crippen LogP contribution in [0.25, 0.3) is 0 Å². The Morgan fingerprint density at radius 1 is 1.36 bits per heavy atom. The Kier molecular flexibility index (Phi) is 2.13. The molecule has 0 atom stereocenters. The van der Waals surface area contributed by atoms with Gasteiger partial charge in [-0.15, -0.1) is 0 Å². The lowest BCUT2D eigenvalue weighted by molar-refractivity contribution is 0.00731. The van der Waals surface area contributed by atoms with Crippen LogP contribution in [-0.4, -0.2) is 28.3 Å². The van der Waals surface area contributed by atoms with Crippen LogP contribution in [0.15, 0.2) is 24.3 Å². The smallest absolute Gasteiger partial charge is 0.421 e. The normalized spacial score (nSPS) is 15.2. The number of hydrogen-bond donors (Lipinski definition) is 1. The van der Waals surface area contributed by atoms with E-state index in [2.05, 4.69) is 0 Å². The molecule has 2 rings (SSSR count). The van der Waals surface area contributed by atoms with E-state index in [1.54, 1.807) is 12.1 Å². The van der Waals surface area contributed by atoms with Crippen molar-refractivity contribution in [1.29, 1.82) is 0 Å². The van der Waals surface area contributed by atoms with Gasteiger partial charge in [0, 0.05) is 20.1 Å². The van der Waals surface area contributed by atoms with E-state index in [9.17, 15) is 4.79 Å². The van der Waals surface area contributed by atoms with Crippen LogP contribution in [0.2, 0.25) is 0 Å². The average Bonchev–Trinajstić information content (AvgIpc) is 2.59.